The van der Waals surface area contributed by atoms with Gasteiger partial charge in [-0.2, -0.15) is 0 Å². The molecule has 2 unspecified atom stereocenters. The molecule has 2 atom stereocenters. The van der Waals surface area contributed by atoms with E-state index >= 15 is 0 Å². The van der Waals surface area contributed by atoms with Gasteiger partial charge in [0.2, 0.25) is 0 Å². The van der Waals surface area contributed by atoms with Gasteiger partial charge in [-0.3, -0.25) is 5.32 Å². The SMILES string of the molecule is C=CC(N)NC1CCCCN1. The van der Waals surface area contributed by atoms with Gasteiger partial charge in [0.05, 0.1) is 12.3 Å². The van der Waals surface area contributed by atoms with Crippen LogP contribution in [0.3, 0.4) is 0 Å². The van der Waals surface area contributed by atoms with E-state index in [9.17, 15) is 0 Å². The molecule has 0 bridgehead atoms. The Labute approximate surface area is 68.0 Å². The Kier molecular flexibility index (Phi) is 3.56. The van der Waals surface area contributed by atoms with E-state index < -0.39 is 0 Å². The van der Waals surface area contributed by atoms with Crippen molar-refractivity contribution in [2.75, 3.05) is 6.54 Å². The van der Waals surface area contributed by atoms with Crippen LogP contribution in [-0.4, -0.2) is 18.9 Å². The molecule has 0 aliphatic carbocycles. The molecule has 0 amide bonds. The summed E-state index contributed by atoms with van der Waals surface area (Å²) in [6.45, 7) is 4.71. The van der Waals surface area contributed by atoms with Crippen LogP contribution in [0.15, 0.2) is 12.7 Å². The summed E-state index contributed by atoms with van der Waals surface area (Å²) in [6.07, 6.45) is 5.76. The molecule has 1 saturated heterocycles. The maximum Gasteiger partial charge on any atom is 0.0748 e. The molecule has 64 valence electrons. The zero-order chi connectivity index (χ0) is 8.10. The molecule has 1 rings (SSSR count). The van der Waals surface area contributed by atoms with Crippen molar-refractivity contribution in [1.29, 1.82) is 0 Å². The third-order valence-corrected chi connectivity index (χ3v) is 1.96. The van der Waals surface area contributed by atoms with E-state index in [2.05, 4.69) is 17.2 Å². The fraction of sp³-hybridized carbons (Fsp3) is 0.750. The zero-order valence-corrected chi connectivity index (χ0v) is 6.84. The van der Waals surface area contributed by atoms with Gasteiger partial charge in [-0.15, -0.1) is 6.58 Å². The van der Waals surface area contributed by atoms with Crippen molar-refractivity contribution in [2.24, 2.45) is 5.73 Å². The van der Waals surface area contributed by atoms with Crippen molar-refractivity contribution in [3.8, 4) is 0 Å². The van der Waals surface area contributed by atoms with Crippen LogP contribution < -0.4 is 16.4 Å². The highest BCUT2D eigenvalue weighted by Gasteiger charge is 2.12. The summed E-state index contributed by atoms with van der Waals surface area (Å²) in [6, 6.07) is 0. The Balaban J connectivity index is 2.18. The molecule has 1 heterocycles. The van der Waals surface area contributed by atoms with E-state index in [1.807, 2.05) is 0 Å². The Bertz CT molecular complexity index is 119. The molecule has 1 fully saturated rings. The van der Waals surface area contributed by atoms with Crippen molar-refractivity contribution in [2.45, 2.75) is 31.6 Å². The maximum absolute atomic E-state index is 5.63. The third-order valence-electron chi connectivity index (χ3n) is 1.96. The maximum atomic E-state index is 5.63. The fourth-order valence-corrected chi connectivity index (χ4v) is 1.29. The number of rotatable bonds is 3. The number of hydrogen-bond donors (Lipinski definition) is 3. The number of nitrogens with two attached hydrogens (primary N) is 1. The standard InChI is InChI=1S/C8H17N3/c1-2-7(9)11-8-5-3-4-6-10-8/h2,7-8,10-11H,1,3-6,9H2. The molecule has 4 N–H and O–H groups in total. The lowest BCUT2D eigenvalue weighted by molar-refractivity contribution is 0.329. The Morgan fingerprint density at radius 3 is 3.00 bits per heavy atom. The lowest BCUT2D eigenvalue weighted by Gasteiger charge is -2.26. The van der Waals surface area contributed by atoms with Crippen LogP contribution in [0.5, 0.6) is 0 Å². The summed E-state index contributed by atoms with van der Waals surface area (Å²) in [5, 5.41) is 6.56. The predicted octanol–water partition coefficient (Wildman–Crippen LogP) is 0.146. The summed E-state index contributed by atoms with van der Waals surface area (Å²) >= 11 is 0. The highest BCUT2D eigenvalue weighted by atomic mass is 15.2. The van der Waals surface area contributed by atoms with Crippen molar-refractivity contribution in [3.05, 3.63) is 12.7 Å². The lowest BCUT2D eigenvalue weighted by Crippen LogP contribution is -2.51. The second-order valence-corrected chi connectivity index (χ2v) is 2.93. The number of piperidine rings is 1. The summed E-state index contributed by atoms with van der Waals surface area (Å²) in [7, 11) is 0. The second kappa shape index (κ2) is 4.49. The molecule has 0 aromatic heterocycles. The summed E-state index contributed by atoms with van der Waals surface area (Å²) in [4.78, 5) is 0. The van der Waals surface area contributed by atoms with E-state index in [1.165, 1.54) is 19.3 Å². The average molecular weight is 155 g/mol. The Hall–Kier alpha value is -0.380. The first-order chi connectivity index (χ1) is 5.33. The molecule has 0 saturated carbocycles. The van der Waals surface area contributed by atoms with Gasteiger partial charge in [0.15, 0.2) is 0 Å². The molecule has 0 radical (unpaired) electrons. The van der Waals surface area contributed by atoms with Gasteiger partial charge in [0.25, 0.3) is 0 Å². The topological polar surface area (TPSA) is 50.1 Å². The molecule has 0 spiro atoms. The summed E-state index contributed by atoms with van der Waals surface area (Å²) < 4.78 is 0. The van der Waals surface area contributed by atoms with Crippen LogP contribution in [0.25, 0.3) is 0 Å². The van der Waals surface area contributed by atoms with Crippen LogP contribution in [0.2, 0.25) is 0 Å². The van der Waals surface area contributed by atoms with Crippen molar-refractivity contribution in [1.82, 2.24) is 10.6 Å². The van der Waals surface area contributed by atoms with E-state index in [4.69, 9.17) is 5.73 Å². The van der Waals surface area contributed by atoms with Crippen LogP contribution in [-0.2, 0) is 0 Å². The van der Waals surface area contributed by atoms with E-state index in [-0.39, 0.29) is 6.17 Å². The molecule has 1 aliphatic rings. The third kappa shape index (κ3) is 3.01. The second-order valence-electron chi connectivity index (χ2n) is 2.93. The highest BCUT2D eigenvalue weighted by Crippen LogP contribution is 2.04. The predicted molar refractivity (Wildman–Crippen MR) is 46.9 cm³/mol. The minimum Gasteiger partial charge on any atom is -0.313 e. The van der Waals surface area contributed by atoms with Crippen LogP contribution in [0, 0.1) is 0 Å². The molecular formula is C8H17N3. The minimum atomic E-state index is -0.0781. The van der Waals surface area contributed by atoms with Crippen LogP contribution >= 0.6 is 0 Å². The minimum absolute atomic E-state index is 0.0781. The van der Waals surface area contributed by atoms with Crippen molar-refractivity contribution >= 4 is 0 Å². The van der Waals surface area contributed by atoms with Crippen LogP contribution in [0.4, 0.5) is 0 Å². The fourth-order valence-electron chi connectivity index (χ4n) is 1.29. The number of nitrogens with one attached hydrogen (secondary N) is 2. The molecule has 0 aromatic carbocycles. The molecule has 0 aromatic rings. The Morgan fingerprint density at radius 2 is 2.45 bits per heavy atom. The summed E-state index contributed by atoms with van der Waals surface area (Å²) in [5.74, 6) is 0. The molecular weight excluding hydrogens is 138 g/mol. The zero-order valence-electron chi connectivity index (χ0n) is 6.84. The lowest BCUT2D eigenvalue weighted by atomic mass is 10.1. The summed E-state index contributed by atoms with van der Waals surface area (Å²) in [5.41, 5.74) is 5.63. The number of hydrogen-bond acceptors (Lipinski definition) is 3. The first-order valence-corrected chi connectivity index (χ1v) is 4.20. The monoisotopic (exact) mass is 155 g/mol. The molecule has 3 nitrogen and oxygen atoms in total. The molecule has 1 aliphatic heterocycles. The highest BCUT2D eigenvalue weighted by molar-refractivity contribution is 4.83. The van der Waals surface area contributed by atoms with E-state index in [0.717, 1.165) is 6.54 Å². The van der Waals surface area contributed by atoms with Gasteiger partial charge >= 0.3 is 0 Å². The molecule has 11 heavy (non-hydrogen) atoms. The molecule has 3 heteroatoms. The van der Waals surface area contributed by atoms with Crippen molar-refractivity contribution < 1.29 is 0 Å². The van der Waals surface area contributed by atoms with Gasteiger partial charge < -0.3 is 11.1 Å². The van der Waals surface area contributed by atoms with E-state index in [1.54, 1.807) is 6.08 Å². The normalized spacial score (nSPS) is 27.9. The smallest absolute Gasteiger partial charge is 0.0748 e. The Morgan fingerprint density at radius 1 is 1.64 bits per heavy atom. The van der Waals surface area contributed by atoms with Crippen LogP contribution in [0.1, 0.15) is 19.3 Å². The largest absolute Gasteiger partial charge is 0.313 e. The first kappa shape index (κ1) is 8.71. The quantitative estimate of drug-likeness (QED) is 0.401. The van der Waals surface area contributed by atoms with Crippen molar-refractivity contribution in [3.63, 3.8) is 0 Å². The van der Waals surface area contributed by atoms with Gasteiger partial charge in [0.1, 0.15) is 0 Å². The van der Waals surface area contributed by atoms with Gasteiger partial charge in [-0.25, -0.2) is 0 Å². The van der Waals surface area contributed by atoms with Gasteiger partial charge in [-0.1, -0.05) is 6.08 Å². The van der Waals surface area contributed by atoms with Gasteiger partial charge in [0, 0.05) is 0 Å². The first-order valence-electron chi connectivity index (χ1n) is 4.20. The van der Waals surface area contributed by atoms with E-state index in [0.29, 0.717) is 6.17 Å². The average Bonchev–Trinajstić information content (AvgIpc) is 2.06. The van der Waals surface area contributed by atoms with Gasteiger partial charge in [-0.05, 0) is 25.8 Å².